The Morgan fingerprint density at radius 3 is 2.38 bits per heavy atom. The molecule has 0 aromatic carbocycles. The molecule has 0 aliphatic carbocycles. The maximum Gasteiger partial charge on any atom is 0.436 e. The minimum Gasteiger partial charge on any atom is -0.443 e. The zero-order valence-corrected chi connectivity index (χ0v) is 6.85. The third-order valence-electron chi connectivity index (χ3n) is 1.46. The maximum atomic E-state index is 12.2. The normalized spacial score (nSPS) is 12.1. The van der Waals surface area contributed by atoms with Crippen LogP contribution < -0.4 is 0 Å². The molecule has 1 aromatic heterocycles. The second-order valence-electron chi connectivity index (χ2n) is 2.39. The van der Waals surface area contributed by atoms with Gasteiger partial charge in [-0.1, -0.05) is 6.92 Å². The number of aliphatic hydroxyl groups is 1. The van der Waals surface area contributed by atoms with Gasteiger partial charge in [-0.3, -0.25) is 0 Å². The summed E-state index contributed by atoms with van der Waals surface area (Å²) in [5, 5.41) is 8.56. The summed E-state index contributed by atoms with van der Waals surface area (Å²) in [6.07, 6.45) is -4.29. The zero-order valence-electron chi connectivity index (χ0n) is 6.85. The number of nitrogens with zero attached hydrogens (tertiary/aromatic N) is 1. The van der Waals surface area contributed by atoms with Crippen LogP contribution in [0.5, 0.6) is 0 Å². The molecule has 0 fully saturated rings. The average Bonchev–Trinajstić information content (AvgIpc) is 2.46. The van der Waals surface area contributed by atoms with Gasteiger partial charge < -0.3 is 9.52 Å². The SMILES string of the molecule is CCc1nc(C(F)(F)F)c(CO)o1. The number of hydrogen-bond donors (Lipinski definition) is 1. The molecule has 0 aliphatic rings. The van der Waals surface area contributed by atoms with Gasteiger partial charge in [0, 0.05) is 6.42 Å². The largest absolute Gasteiger partial charge is 0.443 e. The Kier molecular flexibility index (Phi) is 2.60. The second kappa shape index (κ2) is 3.37. The van der Waals surface area contributed by atoms with Crippen molar-refractivity contribution < 1.29 is 22.7 Å². The highest BCUT2D eigenvalue weighted by molar-refractivity contribution is 5.12. The van der Waals surface area contributed by atoms with E-state index in [0.29, 0.717) is 0 Å². The van der Waals surface area contributed by atoms with Crippen LogP contribution in [0.3, 0.4) is 0 Å². The first kappa shape index (κ1) is 10.0. The van der Waals surface area contributed by atoms with E-state index < -0.39 is 24.2 Å². The van der Waals surface area contributed by atoms with Gasteiger partial charge in [0.25, 0.3) is 0 Å². The molecule has 1 rings (SSSR count). The Bertz CT molecular complexity index is 292. The first-order valence-corrected chi connectivity index (χ1v) is 3.65. The molecule has 3 nitrogen and oxygen atoms in total. The van der Waals surface area contributed by atoms with Crippen molar-refractivity contribution in [1.82, 2.24) is 4.98 Å². The number of halogens is 3. The van der Waals surface area contributed by atoms with Gasteiger partial charge in [0.05, 0.1) is 0 Å². The standard InChI is InChI=1S/C7H8F3NO2/c1-2-5-11-6(7(8,9)10)4(3-12)13-5/h12H,2-3H2,1H3. The molecule has 0 saturated heterocycles. The third kappa shape index (κ3) is 2.00. The fourth-order valence-electron chi connectivity index (χ4n) is 0.880. The van der Waals surface area contributed by atoms with E-state index in [9.17, 15) is 13.2 Å². The fourth-order valence-corrected chi connectivity index (χ4v) is 0.880. The van der Waals surface area contributed by atoms with Gasteiger partial charge in [0.2, 0.25) is 0 Å². The van der Waals surface area contributed by atoms with E-state index in [0.717, 1.165) is 0 Å². The highest BCUT2D eigenvalue weighted by Crippen LogP contribution is 2.31. The summed E-state index contributed by atoms with van der Waals surface area (Å²) in [6.45, 7) is 0.828. The summed E-state index contributed by atoms with van der Waals surface area (Å²) >= 11 is 0. The number of rotatable bonds is 2. The van der Waals surface area contributed by atoms with Crippen LogP contribution >= 0.6 is 0 Å². The van der Waals surface area contributed by atoms with E-state index in [2.05, 4.69) is 9.40 Å². The molecule has 0 atom stereocenters. The predicted molar refractivity (Wildman–Crippen MR) is 36.8 cm³/mol. The van der Waals surface area contributed by atoms with Crippen molar-refractivity contribution in [2.75, 3.05) is 0 Å². The summed E-state index contributed by atoms with van der Waals surface area (Å²) < 4.78 is 41.1. The van der Waals surface area contributed by atoms with Crippen LogP contribution in [0, 0.1) is 0 Å². The molecule has 0 bridgehead atoms. The number of aromatic nitrogens is 1. The Hall–Kier alpha value is -1.04. The Balaban J connectivity index is 3.11. The van der Waals surface area contributed by atoms with Gasteiger partial charge in [-0.25, -0.2) is 4.98 Å². The summed E-state index contributed by atoms with van der Waals surface area (Å²) in [7, 11) is 0. The molecule has 74 valence electrons. The molecule has 0 amide bonds. The molecule has 1 N–H and O–H groups in total. The Morgan fingerprint density at radius 2 is 2.08 bits per heavy atom. The summed E-state index contributed by atoms with van der Waals surface area (Å²) in [6, 6.07) is 0. The number of aliphatic hydroxyl groups excluding tert-OH is 1. The van der Waals surface area contributed by atoms with Crippen LogP contribution in [0.25, 0.3) is 0 Å². The predicted octanol–water partition coefficient (Wildman–Crippen LogP) is 1.75. The van der Waals surface area contributed by atoms with E-state index in [4.69, 9.17) is 5.11 Å². The maximum absolute atomic E-state index is 12.2. The van der Waals surface area contributed by atoms with Crippen LogP contribution in [0.15, 0.2) is 4.42 Å². The van der Waals surface area contributed by atoms with Crippen molar-refractivity contribution in [2.24, 2.45) is 0 Å². The molecule has 0 saturated carbocycles. The average molecular weight is 195 g/mol. The molecule has 13 heavy (non-hydrogen) atoms. The first-order valence-electron chi connectivity index (χ1n) is 3.65. The smallest absolute Gasteiger partial charge is 0.436 e. The molecule has 0 radical (unpaired) electrons. The quantitative estimate of drug-likeness (QED) is 0.781. The molecular formula is C7H8F3NO2. The van der Waals surface area contributed by atoms with Crippen molar-refractivity contribution in [3.8, 4) is 0 Å². The Morgan fingerprint density at radius 1 is 1.46 bits per heavy atom. The van der Waals surface area contributed by atoms with Crippen LogP contribution in [-0.4, -0.2) is 10.1 Å². The lowest BCUT2D eigenvalue weighted by molar-refractivity contribution is -0.142. The topological polar surface area (TPSA) is 46.3 Å². The lowest BCUT2D eigenvalue weighted by atomic mass is 10.3. The van der Waals surface area contributed by atoms with Crippen molar-refractivity contribution in [3.05, 3.63) is 17.3 Å². The van der Waals surface area contributed by atoms with Crippen LogP contribution in [-0.2, 0) is 19.2 Å². The van der Waals surface area contributed by atoms with E-state index in [1.165, 1.54) is 0 Å². The lowest BCUT2D eigenvalue weighted by Gasteiger charge is -2.01. The first-order chi connectivity index (χ1) is 5.99. The van der Waals surface area contributed by atoms with Crippen molar-refractivity contribution >= 4 is 0 Å². The van der Waals surface area contributed by atoms with Crippen LogP contribution in [0.4, 0.5) is 13.2 Å². The van der Waals surface area contributed by atoms with Crippen molar-refractivity contribution in [1.29, 1.82) is 0 Å². The van der Waals surface area contributed by atoms with Gasteiger partial charge in [-0.15, -0.1) is 0 Å². The van der Waals surface area contributed by atoms with Crippen LogP contribution in [0.1, 0.15) is 24.3 Å². The molecule has 1 aromatic rings. The molecule has 6 heteroatoms. The highest BCUT2D eigenvalue weighted by atomic mass is 19.4. The number of alkyl halides is 3. The molecular weight excluding hydrogens is 187 g/mol. The molecule has 0 spiro atoms. The summed E-state index contributed by atoms with van der Waals surface area (Å²) in [5.41, 5.74) is -1.13. The summed E-state index contributed by atoms with van der Waals surface area (Å²) in [5.74, 6) is -0.541. The van der Waals surface area contributed by atoms with Gasteiger partial charge in [-0.05, 0) is 0 Å². The monoisotopic (exact) mass is 195 g/mol. The number of hydrogen-bond acceptors (Lipinski definition) is 3. The van der Waals surface area contributed by atoms with Crippen molar-refractivity contribution in [3.63, 3.8) is 0 Å². The van der Waals surface area contributed by atoms with E-state index in [1.807, 2.05) is 0 Å². The minimum absolute atomic E-state index is 0.0172. The third-order valence-corrected chi connectivity index (χ3v) is 1.46. The fraction of sp³-hybridized carbons (Fsp3) is 0.571. The van der Waals surface area contributed by atoms with E-state index >= 15 is 0 Å². The van der Waals surface area contributed by atoms with Gasteiger partial charge in [0.15, 0.2) is 17.3 Å². The number of oxazole rings is 1. The van der Waals surface area contributed by atoms with E-state index in [-0.39, 0.29) is 12.3 Å². The Labute approximate surface area is 72.2 Å². The van der Waals surface area contributed by atoms with Gasteiger partial charge in [0.1, 0.15) is 6.61 Å². The van der Waals surface area contributed by atoms with Gasteiger partial charge in [-0.2, -0.15) is 13.2 Å². The van der Waals surface area contributed by atoms with Crippen molar-refractivity contribution in [2.45, 2.75) is 26.1 Å². The van der Waals surface area contributed by atoms with Crippen LogP contribution in [0.2, 0.25) is 0 Å². The zero-order chi connectivity index (χ0) is 10.1. The molecule has 0 unspecified atom stereocenters. The second-order valence-corrected chi connectivity index (χ2v) is 2.39. The molecule has 0 aliphatic heterocycles. The highest BCUT2D eigenvalue weighted by Gasteiger charge is 2.38. The molecule has 1 heterocycles. The van der Waals surface area contributed by atoms with Gasteiger partial charge >= 0.3 is 6.18 Å². The van der Waals surface area contributed by atoms with E-state index in [1.54, 1.807) is 6.92 Å². The minimum atomic E-state index is -4.56. The number of aryl methyl sites for hydroxylation is 1. The lowest BCUT2D eigenvalue weighted by Crippen LogP contribution is -2.08. The summed E-state index contributed by atoms with van der Waals surface area (Å²) in [4.78, 5) is 3.22.